The third-order valence-electron chi connectivity index (χ3n) is 5.03. The Bertz CT molecular complexity index is 904. The molecule has 0 bridgehead atoms. The van der Waals surface area contributed by atoms with Gasteiger partial charge in [0.1, 0.15) is 18.1 Å². The van der Waals surface area contributed by atoms with Crippen LogP contribution in [-0.4, -0.2) is 53.6 Å². The van der Waals surface area contributed by atoms with Crippen molar-refractivity contribution in [3.05, 3.63) is 47.6 Å². The molecule has 1 fully saturated rings. The summed E-state index contributed by atoms with van der Waals surface area (Å²) in [6, 6.07) is 3.58. The lowest BCUT2D eigenvalue weighted by molar-refractivity contribution is 0.0699. The van der Waals surface area contributed by atoms with E-state index in [1.54, 1.807) is 19.2 Å². The molecule has 0 N–H and O–H groups in total. The number of carbonyl (C=O) groups is 1. The van der Waals surface area contributed by atoms with Gasteiger partial charge in [0.2, 0.25) is 0 Å². The Morgan fingerprint density at radius 2 is 2.11 bits per heavy atom. The van der Waals surface area contributed by atoms with Crippen molar-refractivity contribution in [1.29, 1.82) is 0 Å². The van der Waals surface area contributed by atoms with Gasteiger partial charge in [-0.05, 0) is 32.8 Å². The van der Waals surface area contributed by atoms with Crippen LogP contribution in [0.1, 0.15) is 53.6 Å². The molecule has 0 saturated carbocycles. The molecule has 1 amide bonds. The molecule has 0 aromatic carbocycles. The molecule has 1 aliphatic heterocycles. The summed E-state index contributed by atoms with van der Waals surface area (Å²) in [7, 11) is 0. The van der Waals surface area contributed by atoms with Crippen LogP contribution in [0.15, 0.2) is 29.0 Å². The van der Waals surface area contributed by atoms with Gasteiger partial charge in [0.25, 0.3) is 5.91 Å². The first kappa shape index (κ1) is 17.4. The SMILES string of the molecule is CCn1c(Cn2cccn2)nnc1C1CCN(C(=O)c2cc(C)on2)CC1. The number of amides is 1. The first-order chi connectivity index (χ1) is 13.2. The second-order valence-electron chi connectivity index (χ2n) is 6.81. The normalized spacial score (nSPS) is 15.4. The summed E-state index contributed by atoms with van der Waals surface area (Å²) in [5.41, 5.74) is 0.379. The molecule has 9 nitrogen and oxygen atoms in total. The predicted octanol–water partition coefficient (Wildman–Crippen LogP) is 1.86. The maximum absolute atomic E-state index is 12.5. The Morgan fingerprint density at radius 1 is 1.30 bits per heavy atom. The average molecular weight is 369 g/mol. The third kappa shape index (κ3) is 3.49. The molecule has 1 aliphatic rings. The van der Waals surface area contributed by atoms with Crippen LogP contribution in [0.25, 0.3) is 0 Å². The molecular weight excluding hydrogens is 346 g/mol. The maximum Gasteiger partial charge on any atom is 0.276 e. The highest BCUT2D eigenvalue weighted by Gasteiger charge is 2.29. The fourth-order valence-corrected chi connectivity index (χ4v) is 3.62. The highest BCUT2D eigenvalue weighted by Crippen LogP contribution is 2.28. The van der Waals surface area contributed by atoms with E-state index in [1.165, 1.54) is 0 Å². The van der Waals surface area contributed by atoms with Crippen LogP contribution in [0.2, 0.25) is 0 Å². The van der Waals surface area contributed by atoms with Crippen molar-refractivity contribution in [3.8, 4) is 0 Å². The number of piperidine rings is 1. The van der Waals surface area contributed by atoms with E-state index in [1.807, 2.05) is 21.8 Å². The van der Waals surface area contributed by atoms with Crippen molar-refractivity contribution in [2.45, 2.75) is 45.7 Å². The van der Waals surface area contributed by atoms with Gasteiger partial charge in [-0.1, -0.05) is 5.16 Å². The molecule has 0 unspecified atom stereocenters. The third-order valence-corrected chi connectivity index (χ3v) is 5.03. The Labute approximate surface area is 157 Å². The molecule has 0 aliphatic carbocycles. The molecule has 1 saturated heterocycles. The van der Waals surface area contributed by atoms with Crippen LogP contribution in [0.3, 0.4) is 0 Å². The van der Waals surface area contributed by atoms with Gasteiger partial charge in [-0.3, -0.25) is 9.48 Å². The molecule has 142 valence electrons. The lowest BCUT2D eigenvalue weighted by Gasteiger charge is -2.31. The van der Waals surface area contributed by atoms with Gasteiger partial charge in [0, 0.05) is 44.0 Å². The van der Waals surface area contributed by atoms with E-state index in [0.29, 0.717) is 37.0 Å². The highest BCUT2D eigenvalue weighted by molar-refractivity contribution is 5.92. The lowest BCUT2D eigenvalue weighted by atomic mass is 9.95. The number of likely N-dealkylation sites (tertiary alicyclic amines) is 1. The number of aromatic nitrogens is 6. The van der Waals surface area contributed by atoms with Crippen LogP contribution in [0.4, 0.5) is 0 Å². The lowest BCUT2D eigenvalue weighted by Crippen LogP contribution is -2.38. The summed E-state index contributed by atoms with van der Waals surface area (Å²) in [6.45, 7) is 6.67. The predicted molar refractivity (Wildman–Crippen MR) is 96.1 cm³/mol. The minimum atomic E-state index is -0.0679. The van der Waals surface area contributed by atoms with E-state index in [9.17, 15) is 4.79 Å². The summed E-state index contributed by atoms with van der Waals surface area (Å²) in [4.78, 5) is 14.4. The summed E-state index contributed by atoms with van der Waals surface area (Å²) in [6.07, 6.45) is 5.41. The highest BCUT2D eigenvalue weighted by atomic mass is 16.5. The van der Waals surface area contributed by atoms with Gasteiger partial charge in [0.05, 0.1) is 0 Å². The van der Waals surface area contributed by atoms with Crippen LogP contribution in [-0.2, 0) is 13.1 Å². The molecule has 0 radical (unpaired) electrons. The quantitative estimate of drug-likeness (QED) is 0.681. The molecule has 0 atom stereocenters. The zero-order chi connectivity index (χ0) is 18.8. The maximum atomic E-state index is 12.5. The van der Waals surface area contributed by atoms with E-state index in [-0.39, 0.29) is 5.91 Å². The second-order valence-corrected chi connectivity index (χ2v) is 6.81. The topological polar surface area (TPSA) is 94.9 Å². The number of rotatable bonds is 5. The van der Waals surface area contributed by atoms with E-state index in [0.717, 1.165) is 31.0 Å². The van der Waals surface area contributed by atoms with Crippen molar-refractivity contribution in [2.24, 2.45) is 0 Å². The van der Waals surface area contributed by atoms with Gasteiger partial charge < -0.3 is 14.0 Å². The summed E-state index contributed by atoms with van der Waals surface area (Å²) in [5.74, 6) is 2.79. The molecule has 4 rings (SSSR count). The van der Waals surface area contributed by atoms with E-state index < -0.39 is 0 Å². The van der Waals surface area contributed by atoms with Gasteiger partial charge >= 0.3 is 0 Å². The van der Waals surface area contributed by atoms with Gasteiger partial charge in [-0.15, -0.1) is 10.2 Å². The fraction of sp³-hybridized carbons (Fsp3) is 0.500. The molecule has 3 aromatic rings. The zero-order valence-corrected chi connectivity index (χ0v) is 15.6. The first-order valence-corrected chi connectivity index (χ1v) is 9.27. The Hall–Kier alpha value is -2.97. The Kier molecular flexibility index (Phi) is 4.74. The van der Waals surface area contributed by atoms with Crippen LogP contribution >= 0.6 is 0 Å². The molecule has 0 spiro atoms. The molecule has 27 heavy (non-hydrogen) atoms. The molecular formula is C18H23N7O2. The van der Waals surface area contributed by atoms with Gasteiger partial charge in [0.15, 0.2) is 11.5 Å². The smallest absolute Gasteiger partial charge is 0.276 e. The average Bonchev–Trinajstić information content (AvgIpc) is 3.43. The van der Waals surface area contributed by atoms with Crippen molar-refractivity contribution in [1.82, 2.24) is 34.6 Å². The largest absolute Gasteiger partial charge is 0.361 e. The summed E-state index contributed by atoms with van der Waals surface area (Å²) in [5, 5.41) is 16.9. The minimum absolute atomic E-state index is 0.0679. The van der Waals surface area contributed by atoms with Crippen molar-refractivity contribution < 1.29 is 9.32 Å². The van der Waals surface area contributed by atoms with Gasteiger partial charge in [-0.2, -0.15) is 5.10 Å². The zero-order valence-electron chi connectivity index (χ0n) is 15.6. The fourth-order valence-electron chi connectivity index (χ4n) is 3.62. The van der Waals surface area contributed by atoms with Crippen molar-refractivity contribution in [2.75, 3.05) is 13.1 Å². The summed E-state index contributed by atoms with van der Waals surface area (Å²) < 4.78 is 9.04. The van der Waals surface area contributed by atoms with Crippen molar-refractivity contribution in [3.63, 3.8) is 0 Å². The number of hydrogen-bond donors (Lipinski definition) is 0. The van der Waals surface area contributed by atoms with Gasteiger partial charge in [-0.25, -0.2) is 0 Å². The van der Waals surface area contributed by atoms with Crippen LogP contribution < -0.4 is 0 Å². The van der Waals surface area contributed by atoms with E-state index in [2.05, 4.69) is 31.9 Å². The molecule has 3 aromatic heterocycles. The monoisotopic (exact) mass is 369 g/mol. The van der Waals surface area contributed by atoms with Crippen LogP contribution in [0, 0.1) is 6.92 Å². The molecule has 4 heterocycles. The van der Waals surface area contributed by atoms with E-state index >= 15 is 0 Å². The number of aryl methyl sites for hydroxylation is 1. The number of carbonyl (C=O) groups excluding carboxylic acids is 1. The second kappa shape index (κ2) is 7.34. The summed E-state index contributed by atoms with van der Waals surface area (Å²) >= 11 is 0. The minimum Gasteiger partial charge on any atom is -0.361 e. The number of nitrogens with zero attached hydrogens (tertiary/aromatic N) is 7. The Balaban J connectivity index is 1.43. The van der Waals surface area contributed by atoms with Crippen LogP contribution in [0.5, 0.6) is 0 Å². The van der Waals surface area contributed by atoms with Crippen molar-refractivity contribution >= 4 is 5.91 Å². The Morgan fingerprint density at radius 3 is 2.74 bits per heavy atom. The first-order valence-electron chi connectivity index (χ1n) is 9.27. The van der Waals surface area contributed by atoms with E-state index in [4.69, 9.17) is 4.52 Å². The number of hydrogen-bond acceptors (Lipinski definition) is 6. The standard InChI is InChI=1S/C18H23N7O2/c1-3-25-16(12-24-8-4-7-19-24)20-21-17(25)14-5-9-23(10-6-14)18(26)15-11-13(2)27-22-15/h4,7-8,11,14H,3,5-6,9-10,12H2,1-2H3. The molecule has 9 heteroatoms.